The van der Waals surface area contributed by atoms with Gasteiger partial charge in [-0.1, -0.05) is 53.8 Å². The molecule has 3 aliphatic rings. The van der Waals surface area contributed by atoms with E-state index in [2.05, 4.69) is 105 Å². The van der Waals surface area contributed by atoms with Crippen molar-refractivity contribution in [1.29, 1.82) is 0 Å². The Kier molecular flexibility index (Phi) is 11.8. The predicted octanol–water partition coefficient (Wildman–Crippen LogP) is 6.08. The number of hydrogen-bond donors (Lipinski definition) is 4. The summed E-state index contributed by atoms with van der Waals surface area (Å²) in [5, 5.41) is 0.0731. The SMILES string of the molecule is CC(C)(C)[Si](C)(C)O[C@@H]1[C@@H]2OP(=O)(S)OC[C@H]3O[C@@H](n4cnc5c(N)ncnc54)[C@H](OP(O)(=S)OC[C@H]2O[C@H]1n1ccc2c(N)ncnc21)[C@@H]3O[Si](C)(C)C(C)(C)C. The third kappa shape index (κ3) is 8.47. The summed E-state index contributed by atoms with van der Waals surface area (Å²) >= 11 is 10.2. The van der Waals surface area contributed by atoms with E-state index >= 15 is 0 Å². The molecule has 5 N–H and O–H groups in total. The zero-order chi connectivity index (χ0) is 42.4. The lowest BCUT2D eigenvalue weighted by Gasteiger charge is -2.41. The maximum Gasteiger partial charge on any atom is 0.386 e. The van der Waals surface area contributed by atoms with Crippen molar-refractivity contribution in [3.8, 4) is 0 Å². The van der Waals surface area contributed by atoms with Gasteiger partial charge >= 0.3 is 13.5 Å². The molecule has 0 aromatic carbocycles. The Morgan fingerprint density at radius 2 is 1.40 bits per heavy atom. The summed E-state index contributed by atoms with van der Waals surface area (Å²) in [5.41, 5.74) is 13.5. The first-order valence-corrected chi connectivity index (χ1v) is 29.9. The Labute approximate surface area is 349 Å². The Morgan fingerprint density at radius 1 is 0.810 bits per heavy atom. The van der Waals surface area contributed by atoms with Crippen LogP contribution in [0.3, 0.4) is 0 Å². The molecule has 19 nitrogen and oxygen atoms in total. The molecule has 10 atom stereocenters. The summed E-state index contributed by atoms with van der Waals surface area (Å²) in [6, 6.07) is 1.77. The maximum absolute atomic E-state index is 14.5. The van der Waals surface area contributed by atoms with Gasteiger partial charge in [-0.05, 0) is 54.1 Å². The first-order chi connectivity index (χ1) is 26.8. The Hall–Kier alpha value is -1.93. The lowest BCUT2D eigenvalue weighted by molar-refractivity contribution is -0.0591. The summed E-state index contributed by atoms with van der Waals surface area (Å²) < 4.78 is 70.3. The topological polar surface area (TPSA) is 237 Å². The molecule has 2 unspecified atom stereocenters. The molecular weight excluding hydrogens is 865 g/mol. The molecule has 7 heterocycles. The van der Waals surface area contributed by atoms with Gasteiger partial charge in [-0.2, -0.15) is 0 Å². The summed E-state index contributed by atoms with van der Waals surface area (Å²) in [4.78, 5) is 33.4. The van der Waals surface area contributed by atoms with E-state index < -0.39 is 79.2 Å². The molecule has 0 amide bonds. The zero-order valence-electron chi connectivity index (χ0n) is 34.1. The van der Waals surface area contributed by atoms with E-state index in [1.165, 1.54) is 19.0 Å². The molecule has 0 saturated carbocycles. The second-order valence-corrected chi connectivity index (χ2v) is 33.0. The van der Waals surface area contributed by atoms with Crippen molar-refractivity contribution in [3.05, 3.63) is 31.2 Å². The van der Waals surface area contributed by atoms with E-state index in [9.17, 15) is 9.46 Å². The number of nitrogens with two attached hydrogens (primary N) is 2. The van der Waals surface area contributed by atoms with Crippen molar-refractivity contribution in [2.45, 2.75) is 127 Å². The number of imidazole rings is 1. The lowest BCUT2D eigenvalue weighted by atomic mass is 10.1. The van der Waals surface area contributed by atoms with Gasteiger partial charge in [0.25, 0.3) is 0 Å². The molecule has 0 spiro atoms. The summed E-state index contributed by atoms with van der Waals surface area (Å²) in [7, 11) is -5.24. The van der Waals surface area contributed by atoms with E-state index in [-0.39, 0.29) is 34.9 Å². The zero-order valence-corrected chi connectivity index (χ0v) is 39.6. The van der Waals surface area contributed by atoms with Crippen molar-refractivity contribution < 1.29 is 45.9 Å². The highest BCUT2D eigenvalue weighted by atomic mass is 32.7. The highest BCUT2D eigenvalue weighted by Gasteiger charge is 2.57. The molecule has 4 aromatic heterocycles. The monoisotopic (exact) mass is 917 g/mol. The highest BCUT2D eigenvalue weighted by molar-refractivity contribution is 8.44. The van der Waals surface area contributed by atoms with Crippen molar-refractivity contribution in [2.24, 2.45) is 0 Å². The van der Waals surface area contributed by atoms with Crippen LogP contribution in [0.4, 0.5) is 11.6 Å². The number of aromatic nitrogens is 7. The Morgan fingerprint density at radius 3 is 2.05 bits per heavy atom. The lowest BCUT2D eigenvalue weighted by Crippen LogP contribution is -2.50. The van der Waals surface area contributed by atoms with Crippen LogP contribution in [-0.4, -0.2) is 105 Å². The van der Waals surface area contributed by atoms with Crippen LogP contribution in [0.2, 0.25) is 36.3 Å². The van der Waals surface area contributed by atoms with Crippen LogP contribution < -0.4 is 11.5 Å². The second-order valence-electron chi connectivity index (χ2n) is 17.8. The van der Waals surface area contributed by atoms with E-state index in [0.29, 0.717) is 22.2 Å². The van der Waals surface area contributed by atoms with E-state index in [4.69, 9.17) is 59.7 Å². The van der Waals surface area contributed by atoms with Gasteiger partial charge in [0.1, 0.15) is 66.3 Å². The molecule has 58 heavy (non-hydrogen) atoms. The van der Waals surface area contributed by atoms with Crippen LogP contribution in [-0.2, 0) is 52.8 Å². The summed E-state index contributed by atoms with van der Waals surface area (Å²) in [5.74, 6) is 0.436. The minimum absolute atomic E-state index is 0.156. The van der Waals surface area contributed by atoms with Gasteiger partial charge in [0.05, 0.1) is 24.9 Å². The Bertz CT molecular complexity index is 2270. The van der Waals surface area contributed by atoms with Gasteiger partial charge in [-0.15, -0.1) is 0 Å². The highest BCUT2D eigenvalue weighted by Crippen LogP contribution is 2.59. The Balaban J connectivity index is 1.30. The van der Waals surface area contributed by atoms with E-state index in [1.807, 2.05) is 0 Å². The fourth-order valence-corrected chi connectivity index (χ4v) is 12.1. The molecule has 320 valence electrons. The number of thiol groups is 1. The predicted molar refractivity (Wildman–Crippen MR) is 228 cm³/mol. The molecule has 0 aliphatic carbocycles. The maximum atomic E-state index is 14.5. The largest absolute Gasteiger partial charge is 0.408 e. The van der Waals surface area contributed by atoms with Crippen molar-refractivity contribution in [3.63, 3.8) is 0 Å². The van der Waals surface area contributed by atoms with Gasteiger partial charge in [0.15, 0.2) is 40.6 Å². The average molecular weight is 918 g/mol. The number of hydrogen-bond acceptors (Lipinski definition) is 17. The van der Waals surface area contributed by atoms with Crippen LogP contribution in [0.5, 0.6) is 0 Å². The van der Waals surface area contributed by atoms with Gasteiger partial charge in [-0.25, -0.2) is 29.5 Å². The molecule has 2 bridgehead atoms. The number of nitrogens with zero attached hydrogens (tertiary/aromatic N) is 7. The van der Waals surface area contributed by atoms with Crippen LogP contribution in [0.25, 0.3) is 22.2 Å². The van der Waals surface area contributed by atoms with Gasteiger partial charge < -0.3 is 43.8 Å². The normalized spacial score (nSPS) is 33.2. The molecule has 25 heteroatoms. The molecule has 0 radical (unpaired) electrons. The fraction of sp³-hybridized carbons (Fsp3) is 0.667. The van der Waals surface area contributed by atoms with E-state index in [0.717, 1.165) is 0 Å². The first kappa shape index (κ1) is 44.1. The molecule has 3 saturated heterocycles. The minimum atomic E-state index is -4.29. The molecular formula is C33H53N9O10P2S2Si2. The van der Waals surface area contributed by atoms with Crippen molar-refractivity contribution in [1.82, 2.24) is 34.1 Å². The molecule has 4 aromatic rings. The van der Waals surface area contributed by atoms with Crippen molar-refractivity contribution >= 4 is 88.0 Å². The third-order valence-electron chi connectivity index (χ3n) is 11.8. The number of rotatable bonds is 6. The molecule has 3 fully saturated rings. The van der Waals surface area contributed by atoms with Crippen LogP contribution >= 0.6 is 25.8 Å². The minimum Gasteiger partial charge on any atom is -0.408 e. The molecule has 3 aliphatic heterocycles. The van der Waals surface area contributed by atoms with Crippen molar-refractivity contribution in [2.75, 3.05) is 24.7 Å². The molecule has 7 rings (SSSR count). The smallest absolute Gasteiger partial charge is 0.386 e. The number of ether oxygens (including phenoxy) is 2. The first-order valence-electron chi connectivity index (χ1n) is 18.8. The summed E-state index contributed by atoms with van der Waals surface area (Å²) in [6.07, 6.45) is -2.15. The fourth-order valence-electron chi connectivity index (χ4n) is 6.63. The van der Waals surface area contributed by atoms with Gasteiger partial charge in [0, 0.05) is 6.20 Å². The van der Waals surface area contributed by atoms with Crippen LogP contribution in [0.1, 0.15) is 54.0 Å². The standard InChI is InChI=1S/C33H53N9O10P2S2Si2/c1-32(2,3)57(7,8)51-23-20-14-46-53(43,55)49-22-19(13-45-54(44,56)50-24(23)30(48-20)42-17-40-21-27(35)37-16-39-29(21)42)47-31(25(22)52-58(9,10)33(4,5)6)41-12-11-18-26(34)36-15-38-28(18)41/h11-12,15-17,19-20,22-25,30-31H,13-14H2,1-10H3,(H,43,55)(H,44,56)(H2,34,36,38)(H2,35,37,39)/t19-,20-,22-,23-,24-,25-,30-,31-,53?,54?/m1/s1. The number of anilines is 2. The quantitative estimate of drug-likeness (QED) is 0.0973. The van der Waals surface area contributed by atoms with Gasteiger partial charge in [-0.3, -0.25) is 18.1 Å². The van der Waals surface area contributed by atoms with Gasteiger partial charge in [0.2, 0.25) is 0 Å². The van der Waals surface area contributed by atoms with E-state index in [1.54, 1.807) is 21.4 Å². The average Bonchev–Trinajstić information content (AvgIpc) is 3.87. The second kappa shape index (κ2) is 15.5. The van der Waals surface area contributed by atoms with Crippen LogP contribution in [0.15, 0.2) is 31.2 Å². The third-order valence-corrected chi connectivity index (χ3v) is 24.0. The summed E-state index contributed by atoms with van der Waals surface area (Å²) in [6.45, 7) is 11.7. The van der Waals surface area contributed by atoms with Crippen LogP contribution in [0, 0.1) is 0 Å². The number of nitrogen functional groups attached to an aromatic ring is 2. The number of fused-ring (bicyclic) bond motifs is 5.